The van der Waals surface area contributed by atoms with Crippen molar-refractivity contribution in [1.29, 1.82) is 0 Å². The summed E-state index contributed by atoms with van der Waals surface area (Å²) in [5.41, 5.74) is 0.756. The Hall–Kier alpha value is -5.46. The summed E-state index contributed by atoms with van der Waals surface area (Å²) >= 11 is 0. The van der Waals surface area contributed by atoms with Crippen LogP contribution >= 0.6 is 0 Å². The van der Waals surface area contributed by atoms with Crippen molar-refractivity contribution in [3.63, 3.8) is 0 Å². The molecule has 0 unspecified atom stereocenters. The van der Waals surface area contributed by atoms with Gasteiger partial charge in [0.2, 0.25) is 0 Å². The van der Waals surface area contributed by atoms with Crippen LogP contribution in [-0.4, -0.2) is 79.7 Å². The summed E-state index contributed by atoms with van der Waals surface area (Å²) in [6.07, 6.45) is 3.72. The highest BCUT2D eigenvalue weighted by Gasteiger charge is 2.36. The lowest BCUT2D eigenvalue weighted by Gasteiger charge is -2.39. The molecule has 3 aromatic heterocycles. The molecule has 2 amide bonds. The maximum absolute atomic E-state index is 15.9. The lowest BCUT2D eigenvalue weighted by molar-refractivity contribution is 0.0195. The van der Waals surface area contributed by atoms with E-state index in [1.54, 1.807) is 74.3 Å². The number of carbonyl (C=O) groups excluding carboxylic acids is 3. The topological polar surface area (TPSA) is 133 Å². The Morgan fingerprint density at radius 2 is 1.85 bits per heavy atom. The number of piperidine rings is 1. The van der Waals surface area contributed by atoms with Crippen LogP contribution in [0.5, 0.6) is 0 Å². The van der Waals surface area contributed by atoms with Crippen LogP contribution in [-0.2, 0) is 9.47 Å². The zero-order valence-electron chi connectivity index (χ0n) is 25.8. The Bertz CT molecular complexity index is 1970. The molecule has 1 aliphatic rings. The zero-order chi connectivity index (χ0) is 32.6. The number of likely N-dealkylation sites (tertiary alicyclic amines) is 1. The molecule has 1 saturated heterocycles. The molecule has 0 spiro atoms. The van der Waals surface area contributed by atoms with Gasteiger partial charge in [-0.05, 0) is 87.5 Å². The van der Waals surface area contributed by atoms with Gasteiger partial charge >= 0.3 is 12.1 Å². The highest BCUT2D eigenvalue weighted by Crippen LogP contribution is 2.32. The number of ether oxygens (including phenoxy) is 2. The minimum absolute atomic E-state index is 0.148. The largest absolute Gasteiger partial charge is 0.465 e. The maximum atomic E-state index is 15.9. The molecule has 1 atom stereocenters. The molecule has 4 heterocycles. The third-order valence-corrected chi connectivity index (χ3v) is 7.66. The quantitative estimate of drug-likeness (QED) is 0.238. The molecule has 6 rings (SSSR count). The average molecular weight is 626 g/mol. The Kier molecular flexibility index (Phi) is 8.07. The standard InChI is InChI=1S/C33H32FN7O5/c1-33(2,3)46-32(44)39-16-6-7-23(19-39)40(28-24-11-9-21(31(43)45-4)17-20(24)13-15-36-28)30(42)25-12-10-22(18-26(25)34)41-29-27(37-38-41)8-5-14-35-29/h5,8-15,17-18,23H,6-7,16,19H2,1-4H3/t23-/m1/s1. The van der Waals surface area contributed by atoms with Crippen molar-refractivity contribution in [2.75, 3.05) is 25.1 Å². The number of fused-ring (bicyclic) bond motifs is 2. The minimum Gasteiger partial charge on any atom is -0.465 e. The number of hydrogen-bond donors (Lipinski definition) is 0. The summed E-state index contributed by atoms with van der Waals surface area (Å²) in [4.78, 5) is 51.6. The second kappa shape index (κ2) is 12.1. The molecule has 12 nitrogen and oxygen atoms in total. The fourth-order valence-corrected chi connectivity index (χ4v) is 5.57. The maximum Gasteiger partial charge on any atom is 0.410 e. The first kappa shape index (κ1) is 30.6. The molecule has 1 aliphatic heterocycles. The first-order valence-corrected chi connectivity index (χ1v) is 14.8. The summed E-state index contributed by atoms with van der Waals surface area (Å²) in [5, 5.41) is 9.37. The highest BCUT2D eigenvalue weighted by molar-refractivity contribution is 6.11. The second-order valence-corrected chi connectivity index (χ2v) is 12.0. The van der Waals surface area contributed by atoms with E-state index in [0.29, 0.717) is 52.6 Å². The van der Waals surface area contributed by atoms with Gasteiger partial charge in [-0.3, -0.25) is 9.69 Å². The van der Waals surface area contributed by atoms with Gasteiger partial charge in [0, 0.05) is 36.9 Å². The molecule has 0 aliphatic carbocycles. The monoisotopic (exact) mass is 625 g/mol. The van der Waals surface area contributed by atoms with Crippen LogP contribution in [0.1, 0.15) is 54.3 Å². The average Bonchev–Trinajstić information content (AvgIpc) is 3.48. The van der Waals surface area contributed by atoms with Gasteiger partial charge in [0.1, 0.15) is 22.8 Å². The molecular formula is C33H32FN7O5. The number of pyridine rings is 2. The van der Waals surface area contributed by atoms with E-state index in [4.69, 9.17) is 9.47 Å². The molecule has 0 N–H and O–H groups in total. The number of amides is 2. The molecular weight excluding hydrogens is 593 g/mol. The van der Waals surface area contributed by atoms with Crippen LogP contribution < -0.4 is 4.90 Å². The molecule has 2 aromatic carbocycles. The number of rotatable bonds is 5. The van der Waals surface area contributed by atoms with Gasteiger partial charge in [-0.2, -0.15) is 4.68 Å². The van der Waals surface area contributed by atoms with E-state index in [0.717, 1.165) is 0 Å². The van der Waals surface area contributed by atoms with Crippen molar-refractivity contribution >= 4 is 45.7 Å². The van der Waals surface area contributed by atoms with Gasteiger partial charge in [0.25, 0.3) is 5.91 Å². The van der Waals surface area contributed by atoms with Gasteiger partial charge in [-0.15, -0.1) is 5.10 Å². The van der Waals surface area contributed by atoms with Gasteiger partial charge in [0.05, 0.1) is 30.0 Å². The van der Waals surface area contributed by atoms with Crippen LogP contribution in [0.2, 0.25) is 0 Å². The first-order valence-electron chi connectivity index (χ1n) is 14.8. The lowest BCUT2D eigenvalue weighted by atomic mass is 10.0. The molecule has 13 heteroatoms. The van der Waals surface area contributed by atoms with E-state index in [9.17, 15) is 14.4 Å². The number of nitrogens with zero attached hydrogens (tertiary/aromatic N) is 7. The fourth-order valence-electron chi connectivity index (χ4n) is 5.57. The van der Waals surface area contributed by atoms with Crippen molar-refractivity contribution in [3.8, 4) is 5.69 Å². The van der Waals surface area contributed by atoms with Gasteiger partial charge in [0.15, 0.2) is 5.65 Å². The Morgan fingerprint density at radius 3 is 2.61 bits per heavy atom. The third kappa shape index (κ3) is 5.95. The third-order valence-electron chi connectivity index (χ3n) is 7.66. The van der Waals surface area contributed by atoms with Crippen molar-refractivity contribution in [2.24, 2.45) is 0 Å². The van der Waals surface area contributed by atoms with Crippen molar-refractivity contribution in [3.05, 3.63) is 83.9 Å². The number of anilines is 1. The summed E-state index contributed by atoms with van der Waals surface area (Å²) in [5.74, 6) is -1.66. The number of halogens is 1. The number of benzene rings is 2. The Morgan fingerprint density at radius 1 is 1.02 bits per heavy atom. The van der Waals surface area contributed by atoms with Crippen molar-refractivity contribution in [1.82, 2.24) is 29.9 Å². The lowest BCUT2D eigenvalue weighted by Crippen LogP contribution is -2.53. The number of hydrogen-bond acceptors (Lipinski definition) is 9. The van der Waals surface area contributed by atoms with Gasteiger partial charge in [-0.1, -0.05) is 5.21 Å². The molecule has 1 fully saturated rings. The molecule has 46 heavy (non-hydrogen) atoms. The predicted molar refractivity (Wildman–Crippen MR) is 167 cm³/mol. The van der Waals surface area contributed by atoms with Crippen LogP contribution in [0.25, 0.3) is 27.6 Å². The molecule has 5 aromatic rings. The van der Waals surface area contributed by atoms with E-state index in [2.05, 4.69) is 20.3 Å². The van der Waals surface area contributed by atoms with E-state index in [-0.39, 0.29) is 17.9 Å². The minimum atomic E-state index is -0.778. The first-order chi connectivity index (χ1) is 22.0. The fraction of sp³-hybridized carbons (Fsp3) is 0.303. The SMILES string of the molecule is COC(=O)c1ccc2c(N(C(=O)c3ccc(-n4nnc5cccnc54)cc3F)[C@@H]3CCCN(C(=O)OC(C)(C)C)C3)nccc2c1. The van der Waals surface area contributed by atoms with Crippen molar-refractivity contribution in [2.45, 2.75) is 45.3 Å². The van der Waals surface area contributed by atoms with Crippen LogP contribution in [0.3, 0.4) is 0 Å². The zero-order valence-corrected chi connectivity index (χ0v) is 25.8. The molecule has 236 valence electrons. The highest BCUT2D eigenvalue weighted by atomic mass is 19.1. The number of aromatic nitrogens is 5. The second-order valence-electron chi connectivity index (χ2n) is 12.0. The summed E-state index contributed by atoms with van der Waals surface area (Å²) in [6, 6.07) is 13.7. The van der Waals surface area contributed by atoms with Gasteiger partial charge < -0.3 is 14.4 Å². The van der Waals surface area contributed by atoms with Crippen LogP contribution in [0.4, 0.5) is 15.0 Å². The van der Waals surface area contributed by atoms with Crippen molar-refractivity contribution < 1.29 is 28.2 Å². The number of methoxy groups -OCH3 is 1. The Labute approximate surface area is 263 Å². The number of esters is 1. The smallest absolute Gasteiger partial charge is 0.410 e. The van der Waals surface area contributed by atoms with E-state index in [1.165, 1.54) is 35.0 Å². The van der Waals surface area contributed by atoms with Crippen LogP contribution in [0, 0.1) is 5.82 Å². The van der Waals surface area contributed by atoms with Gasteiger partial charge in [-0.25, -0.2) is 23.9 Å². The normalized spacial score (nSPS) is 15.2. The Balaban J connectivity index is 1.42. The molecule has 0 saturated carbocycles. The van der Waals surface area contributed by atoms with E-state index >= 15 is 4.39 Å². The summed E-state index contributed by atoms with van der Waals surface area (Å²) in [6.45, 7) is 5.96. The molecule has 0 bridgehead atoms. The summed E-state index contributed by atoms with van der Waals surface area (Å²) < 4.78 is 27.8. The van der Waals surface area contributed by atoms with E-state index < -0.39 is 35.4 Å². The predicted octanol–water partition coefficient (Wildman–Crippen LogP) is 5.34. The summed E-state index contributed by atoms with van der Waals surface area (Å²) in [7, 11) is 1.30. The molecule has 0 radical (unpaired) electrons. The van der Waals surface area contributed by atoms with E-state index in [1.807, 2.05) is 0 Å². The van der Waals surface area contributed by atoms with Crippen LogP contribution in [0.15, 0.2) is 67.0 Å². The number of carbonyl (C=O) groups is 3.